The SMILES string of the molecule is Cc1ccc(C)c(C(N)CS(=O)c2ccc(Cl)c(Cl)c2)c1. The van der Waals surface area contributed by atoms with Gasteiger partial charge in [-0.1, -0.05) is 47.0 Å². The average Bonchev–Trinajstić information content (AvgIpc) is 2.44. The van der Waals surface area contributed by atoms with Crippen LogP contribution in [0, 0.1) is 13.8 Å². The van der Waals surface area contributed by atoms with Gasteiger partial charge < -0.3 is 5.73 Å². The Hall–Kier alpha value is -0.870. The molecular weight excluding hydrogens is 325 g/mol. The van der Waals surface area contributed by atoms with Crippen LogP contribution in [0.2, 0.25) is 10.0 Å². The molecule has 5 heteroatoms. The Morgan fingerprint density at radius 2 is 1.81 bits per heavy atom. The van der Waals surface area contributed by atoms with Crippen molar-refractivity contribution in [2.75, 3.05) is 5.75 Å². The van der Waals surface area contributed by atoms with Crippen LogP contribution in [0.1, 0.15) is 22.7 Å². The van der Waals surface area contributed by atoms with Crippen molar-refractivity contribution >= 4 is 34.0 Å². The van der Waals surface area contributed by atoms with Crippen LogP contribution >= 0.6 is 23.2 Å². The Labute approximate surface area is 137 Å². The zero-order valence-electron chi connectivity index (χ0n) is 11.9. The molecule has 0 heterocycles. The van der Waals surface area contributed by atoms with Crippen molar-refractivity contribution in [1.82, 2.24) is 0 Å². The first-order valence-electron chi connectivity index (χ1n) is 6.54. The molecule has 0 saturated heterocycles. The van der Waals surface area contributed by atoms with Gasteiger partial charge in [0.2, 0.25) is 0 Å². The Kier molecular flexibility index (Phi) is 5.44. The van der Waals surface area contributed by atoms with Gasteiger partial charge in [0.25, 0.3) is 0 Å². The second-order valence-electron chi connectivity index (χ2n) is 5.05. The smallest absolute Gasteiger partial charge is 0.0604 e. The molecule has 2 atom stereocenters. The summed E-state index contributed by atoms with van der Waals surface area (Å²) in [5.41, 5.74) is 9.50. The lowest BCUT2D eigenvalue weighted by atomic mass is 10.0. The predicted molar refractivity (Wildman–Crippen MR) is 90.6 cm³/mol. The van der Waals surface area contributed by atoms with E-state index in [2.05, 4.69) is 0 Å². The highest BCUT2D eigenvalue weighted by molar-refractivity contribution is 7.85. The molecular formula is C16H17Cl2NOS. The van der Waals surface area contributed by atoms with E-state index in [9.17, 15) is 4.21 Å². The van der Waals surface area contributed by atoms with E-state index >= 15 is 0 Å². The summed E-state index contributed by atoms with van der Waals surface area (Å²) in [7, 11) is -1.22. The first kappa shape index (κ1) is 16.5. The number of halogens is 2. The van der Waals surface area contributed by atoms with Gasteiger partial charge >= 0.3 is 0 Å². The van der Waals surface area contributed by atoms with Gasteiger partial charge in [-0.3, -0.25) is 4.21 Å². The van der Waals surface area contributed by atoms with Crippen molar-refractivity contribution in [3.8, 4) is 0 Å². The minimum absolute atomic E-state index is 0.278. The molecule has 112 valence electrons. The van der Waals surface area contributed by atoms with Gasteiger partial charge in [0, 0.05) is 16.7 Å². The topological polar surface area (TPSA) is 43.1 Å². The van der Waals surface area contributed by atoms with E-state index in [4.69, 9.17) is 28.9 Å². The van der Waals surface area contributed by atoms with Crippen LogP contribution in [-0.4, -0.2) is 9.96 Å². The fourth-order valence-corrected chi connectivity index (χ4v) is 3.66. The molecule has 2 aromatic carbocycles. The Morgan fingerprint density at radius 1 is 1.10 bits per heavy atom. The molecule has 0 aliphatic heterocycles. The van der Waals surface area contributed by atoms with E-state index in [0.717, 1.165) is 16.7 Å². The quantitative estimate of drug-likeness (QED) is 0.894. The number of benzene rings is 2. The largest absolute Gasteiger partial charge is 0.323 e. The third-order valence-electron chi connectivity index (χ3n) is 3.32. The van der Waals surface area contributed by atoms with Gasteiger partial charge in [-0.05, 0) is 43.2 Å². The van der Waals surface area contributed by atoms with Crippen molar-refractivity contribution in [2.45, 2.75) is 24.8 Å². The lowest BCUT2D eigenvalue weighted by Crippen LogP contribution is -2.19. The van der Waals surface area contributed by atoms with Crippen molar-refractivity contribution in [3.63, 3.8) is 0 Å². The van der Waals surface area contributed by atoms with E-state index in [1.165, 1.54) is 0 Å². The Morgan fingerprint density at radius 3 is 2.48 bits per heavy atom. The third kappa shape index (κ3) is 4.07. The van der Waals surface area contributed by atoms with Crippen LogP contribution in [0.25, 0.3) is 0 Å². The molecule has 2 rings (SSSR count). The van der Waals surface area contributed by atoms with Gasteiger partial charge in [0.1, 0.15) is 0 Å². The van der Waals surface area contributed by atoms with E-state index in [0.29, 0.717) is 20.7 Å². The molecule has 0 fully saturated rings. The zero-order chi connectivity index (χ0) is 15.6. The highest BCUT2D eigenvalue weighted by Crippen LogP contribution is 2.26. The third-order valence-corrected chi connectivity index (χ3v) is 5.50. The molecule has 2 nitrogen and oxygen atoms in total. The second-order valence-corrected chi connectivity index (χ2v) is 7.36. The van der Waals surface area contributed by atoms with E-state index in [1.54, 1.807) is 18.2 Å². The molecule has 0 aliphatic rings. The molecule has 0 aliphatic carbocycles. The van der Waals surface area contributed by atoms with Gasteiger partial charge in [-0.25, -0.2) is 0 Å². The fourth-order valence-electron chi connectivity index (χ4n) is 2.13. The standard InChI is InChI=1S/C16H17Cl2NOS/c1-10-3-4-11(2)13(7-10)16(19)9-21(20)12-5-6-14(17)15(18)8-12/h3-8,16H,9,19H2,1-2H3. The molecule has 0 spiro atoms. The molecule has 2 aromatic rings. The van der Waals surface area contributed by atoms with Gasteiger partial charge in [-0.15, -0.1) is 0 Å². The molecule has 0 aromatic heterocycles. The van der Waals surface area contributed by atoms with Gasteiger partial charge in [0.15, 0.2) is 0 Å². The fraction of sp³-hybridized carbons (Fsp3) is 0.250. The van der Waals surface area contributed by atoms with Crippen LogP contribution in [0.3, 0.4) is 0 Å². The van der Waals surface area contributed by atoms with Crippen LogP contribution in [0.5, 0.6) is 0 Å². The highest BCUT2D eigenvalue weighted by Gasteiger charge is 2.15. The molecule has 0 amide bonds. The maximum Gasteiger partial charge on any atom is 0.0604 e. The van der Waals surface area contributed by atoms with E-state index < -0.39 is 10.8 Å². The van der Waals surface area contributed by atoms with Gasteiger partial charge in [0.05, 0.1) is 20.8 Å². The van der Waals surface area contributed by atoms with Crippen molar-refractivity contribution in [1.29, 1.82) is 0 Å². The zero-order valence-corrected chi connectivity index (χ0v) is 14.2. The van der Waals surface area contributed by atoms with E-state index in [1.807, 2.05) is 32.0 Å². The summed E-state index contributed by atoms with van der Waals surface area (Å²) in [5, 5.41) is 0.860. The first-order chi connectivity index (χ1) is 9.88. The number of hydrogen-bond acceptors (Lipinski definition) is 2. The second kappa shape index (κ2) is 6.93. The van der Waals surface area contributed by atoms with Crippen molar-refractivity contribution in [3.05, 3.63) is 63.1 Å². The molecule has 2 unspecified atom stereocenters. The number of nitrogens with two attached hydrogens (primary N) is 1. The summed E-state index contributed by atoms with van der Waals surface area (Å²) in [4.78, 5) is 0.644. The van der Waals surface area contributed by atoms with Gasteiger partial charge in [-0.2, -0.15) is 0 Å². The molecule has 21 heavy (non-hydrogen) atoms. The average molecular weight is 342 g/mol. The van der Waals surface area contributed by atoms with Crippen LogP contribution in [-0.2, 0) is 10.8 Å². The van der Waals surface area contributed by atoms with E-state index in [-0.39, 0.29) is 6.04 Å². The Bertz CT molecular complexity index is 688. The normalized spacial score (nSPS) is 14.0. The number of aryl methyl sites for hydroxylation is 2. The highest BCUT2D eigenvalue weighted by atomic mass is 35.5. The summed E-state index contributed by atoms with van der Waals surface area (Å²) >= 11 is 11.8. The monoisotopic (exact) mass is 341 g/mol. The van der Waals surface area contributed by atoms with Crippen molar-refractivity contribution < 1.29 is 4.21 Å². The maximum absolute atomic E-state index is 12.4. The minimum atomic E-state index is -1.22. The summed E-state index contributed by atoms with van der Waals surface area (Å²) in [5.74, 6) is 0.349. The van der Waals surface area contributed by atoms with Crippen LogP contribution in [0.4, 0.5) is 0 Å². The predicted octanol–water partition coefficient (Wildman–Crippen LogP) is 4.42. The van der Waals surface area contributed by atoms with Crippen LogP contribution in [0.15, 0.2) is 41.3 Å². The van der Waals surface area contributed by atoms with Crippen LogP contribution < -0.4 is 5.73 Å². The first-order valence-corrected chi connectivity index (χ1v) is 8.62. The maximum atomic E-state index is 12.4. The lowest BCUT2D eigenvalue weighted by Gasteiger charge is -2.15. The lowest BCUT2D eigenvalue weighted by molar-refractivity contribution is 0.675. The summed E-state index contributed by atoms with van der Waals surface area (Å²) in [6.45, 7) is 4.03. The number of hydrogen-bond donors (Lipinski definition) is 1. The summed E-state index contributed by atoms with van der Waals surface area (Å²) < 4.78 is 12.4. The summed E-state index contributed by atoms with van der Waals surface area (Å²) in [6, 6.07) is 10.9. The van der Waals surface area contributed by atoms with Crippen molar-refractivity contribution in [2.24, 2.45) is 5.73 Å². The Balaban J connectivity index is 2.18. The molecule has 0 saturated carbocycles. The molecule has 0 bridgehead atoms. The summed E-state index contributed by atoms with van der Waals surface area (Å²) in [6.07, 6.45) is 0. The number of rotatable bonds is 4. The molecule has 0 radical (unpaired) electrons. The molecule has 2 N–H and O–H groups in total. The minimum Gasteiger partial charge on any atom is -0.323 e.